The molecule has 2 aliphatic heterocycles. The highest BCUT2D eigenvalue weighted by atomic mass is 35.5. The highest BCUT2D eigenvalue weighted by Crippen LogP contribution is 2.24. The van der Waals surface area contributed by atoms with Crippen LogP contribution >= 0.6 is 12.4 Å². The summed E-state index contributed by atoms with van der Waals surface area (Å²) in [6.45, 7) is 4.85. The fourth-order valence-corrected chi connectivity index (χ4v) is 3.02. The number of amides is 1. The minimum Gasteiger partial charge on any atom is -0.488 e. The number of nitrogens with one attached hydrogen (secondary N) is 1. The van der Waals surface area contributed by atoms with Gasteiger partial charge in [0.15, 0.2) is 0 Å². The Morgan fingerprint density at radius 3 is 2.76 bits per heavy atom. The molecule has 0 bridgehead atoms. The maximum absolute atomic E-state index is 12.5. The van der Waals surface area contributed by atoms with E-state index in [4.69, 9.17) is 19.9 Å². The Balaban J connectivity index is 0.00000225. The zero-order valence-corrected chi connectivity index (χ0v) is 15.4. The molecule has 0 aromatic heterocycles. The molecule has 2 heterocycles. The Morgan fingerprint density at radius 2 is 2.08 bits per heavy atom. The monoisotopic (exact) mass is 370 g/mol. The maximum atomic E-state index is 12.5. The molecule has 6 nitrogen and oxygen atoms in total. The van der Waals surface area contributed by atoms with Crippen LogP contribution in [0.15, 0.2) is 18.2 Å². The third-order valence-electron chi connectivity index (χ3n) is 4.68. The fourth-order valence-electron chi connectivity index (χ4n) is 3.02. The predicted octanol–water partition coefficient (Wildman–Crippen LogP) is 1.71. The molecule has 0 aliphatic carbocycles. The Morgan fingerprint density at radius 1 is 1.32 bits per heavy atom. The van der Waals surface area contributed by atoms with Crippen LogP contribution in [0.3, 0.4) is 0 Å². The van der Waals surface area contributed by atoms with Gasteiger partial charge in [-0.1, -0.05) is 12.1 Å². The van der Waals surface area contributed by atoms with Crippen LogP contribution < -0.4 is 15.8 Å². The summed E-state index contributed by atoms with van der Waals surface area (Å²) in [4.78, 5) is 12.5. The van der Waals surface area contributed by atoms with Crippen LogP contribution in [0.1, 0.15) is 30.4 Å². The summed E-state index contributed by atoms with van der Waals surface area (Å²) >= 11 is 0. The topological polar surface area (TPSA) is 82.8 Å². The minimum atomic E-state index is -0.830. The largest absolute Gasteiger partial charge is 0.488 e. The third-order valence-corrected chi connectivity index (χ3v) is 4.68. The average Bonchev–Trinajstić information content (AvgIpc) is 3.07. The molecule has 2 aliphatic rings. The number of rotatable bonds is 5. The fraction of sp³-hybridized carbons (Fsp3) is 0.611. The Hall–Kier alpha value is -1.34. The van der Waals surface area contributed by atoms with Gasteiger partial charge in [0.1, 0.15) is 11.9 Å². The molecule has 0 saturated carbocycles. The molecular weight excluding hydrogens is 344 g/mol. The molecule has 140 valence electrons. The summed E-state index contributed by atoms with van der Waals surface area (Å²) in [5, 5.41) is 2.96. The van der Waals surface area contributed by atoms with Crippen molar-refractivity contribution >= 4 is 18.3 Å². The number of carbonyl (C=O) groups is 1. The molecule has 25 heavy (non-hydrogen) atoms. The van der Waals surface area contributed by atoms with E-state index in [2.05, 4.69) is 5.32 Å². The zero-order chi connectivity index (χ0) is 17.0. The van der Waals surface area contributed by atoms with Crippen molar-refractivity contribution < 1.29 is 19.0 Å². The summed E-state index contributed by atoms with van der Waals surface area (Å²) in [6, 6.07) is 6.02. The van der Waals surface area contributed by atoms with Crippen molar-refractivity contribution in [1.29, 1.82) is 0 Å². The molecule has 1 atom stereocenters. The van der Waals surface area contributed by atoms with Gasteiger partial charge in [-0.05, 0) is 31.4 Å². The molecule has 7 heteroatoms. The first-order chi connectivity index (χ1) is 11.6. The van der Waals surface area contributed by atoms with Crippen molar-refractivity contribution in [2.45, 2.75) is 44.4 Å². The second kappa shape index (κ2) is 8.85. The van der Waals surface area contributed by atoms with E-state index in [1.807, 2.05) is 25.1 Å². The number of carbonyl (C=O) groups excluding carboxylic acids is 1. The molecule has 2 saturated heterocycles. The standard InChI is InChI=1S/C18H26N2O4.ClH/c1-13-2-3-14(16(10-13)24-15-4-7-23-12-15)11-20-17(21)18(19)5-8-22-9-6-18;/h2-3,10,15H,4-9,11-12,19H2,1H3,(H,20,21);1H. The number of halogens is 1. The molecule has 1 amide bonds. The summed E-state index contributed by atoms with van der Waals surface area (Å²) in [5.41, 5.74) is 7.47. The van der Waals surface area contributed by atoms with Gasteiger partial charge in [0, 0.05) is 31.7 Å². The van der Waals surface area contributed by atoms with Crippen LogP contribution in [0.5, 0.6) is 5.75 Å². The van der Waals surface area contributed by atoms with E-state index in [-0.39, 0.29) is 24.4 Å². The second-order valence-corrected chi connectivity index (χ2v) is 6.67. The van der Waals surface area contributed by atoms with E-state index >= 15 is 0 Å². The Bertz CT molecular complexity index is 584. The lowest BCUT2D eigenvalue weighted by molar-refractivity contribution is -0.129. The summed E-state index contributed by atoms with van der Waals surface area (Å²) < 4.78 is 16.7. The van der Waals surface area contributed by atoms with Gasteiger partial charge in [0.2, 0.25) is 5.91 Å². The summed E-state index contributed by atoms with van der Waals surface area (Å²) in [6.07, 6.45) is 2.08. The lowest BCUT2D eigenvalue weighted by Crippen LogP contribution is -2.56. The van der Waals surface area contributed by atoms with Crippen molar-refractivity contribution in [2.75, 3.05) is 26.4 Å². The van der Waals surface area contributed by atoms with Crippen LogP contribution in [-0.4, -0.2) is 44.0 Å². The first kappa shape index (κ1) is 20.0. The van der Waals surface area contributed by atoms with Crippen LogP contribution in [0, 0.1) is 6.92 Å². The van der Waals surface area contributed by atoms with E-state index in [9.17, 15) is 4.79 Å². The average molecular weight is 371 g/mol. The number of hydrogen-bond donors (Lipinski definition) is 2. The first-order valence-corrected chi connectivity index (χ1v) is 8.56. The van der Waals surface area contributed by atoms with Crippen molar-refractivity contribution in [1.82, 2.24) is 5.32 Å². The molecule has 0 spiro atoms. The highest BCUT2D eigenvalue weighted by Gasteiger charge is 2.35. The number of aryl methyl sites for hydroxylation is 1. The minimum absolute atomic E-state index is 0. The zero-order valence-electron chi connectivity index (χ0n) is 14.6. The van der Waals surface area contributed by atoms with Crippen LogP contribution in [0.4, 0.5) is 0 Å². The van der Waals surface area contributed by atoms with Crippen LogP contribution in [0.2, 0.25) is 0 Å². The van der Waals surface area contributed by atoms with E-state index in [1.54, 1.807) is 0 Å². The quantitative estimate of drug-likeness (QED) is 0.824. The van der Waals surface area contributed by atoms with Crippen molar-refractivity contribution in [3.05, 3.63) is 29.3 Å². The van der Waals surface area contributed by atoms with Gasteiger partial charge >= 0.3 is 0 Å². The molecule has 3 rings (SSSR count). The van der Waals surface area contributed by atoms with Gasteiger partial charge in [0.05, 0.1) is 18.8 Å². The Labute approximate surface area is 154 Å². The molecular formula is C18H27ClN2O4. The molecule has 1 aromatic carbocycles. The van der Waals surface area contributed by atoms with Gasteiger partial charge < -0.3 is 25.3 Å². The number of hydrogen-bond acceptors (Lipinski definition) is 5. The molecule has 1 aromatic rings. The number of benzene rings is 1. The van der Waals surface area contributed by atoms with Crippen molar-refractivity contribution in [2.24, 2.45) is 5.73 Å². The number of ether oxygens (including phenoxy) is 3. The maximum Gasteiger partial charge on any atom is 0.240 e. The normalized spacial score (nSPS) is 22.1. The molecule has 1 unspecified atom stereocenters. The van der Waals surface area contributed by atoms with E-state index in [0.717, 1.165) is 29.9 Å². The van der Waals surface area contributed by atoms with Gasteiger partial charge in [-0.25, -0.2) is 0 Å². The lowest BCUT2D eigenvalue weighted by Gasteiger charge is -2.31. The summed E-state index contributed by atoms with van der Waals surface area (Å²) in [7, 11) is 0. The van der Waals surface area contributed by atoms with Crippen LogP contribution in [0.25, 0.3) is 0 Å². The predicted molar refractivity (Wildman–Crippen MR) is 97.1 cm³/mol. The SMILES string of the molecule is Cc1ccc(CNC(=O)C2(N)CCOCC2)c(OC2CCOC2)c1.Cl. The van der Waals surface area contributed by atoms with Gasteiger partial charge in [-0.2, -0.15) is 0 Å². The van der Waals surface area contributed by atoms with Gasteiger partial charge in [-0.3, -0.25) is 4.79 Å². The smallest absolute Gasteiger partial charge is 0.240 e. The highest BCUT2D eigenvalue weighted by molar-refractivity contribution is 5.86. The van der Waals surface area contributed by atoms with Crippen molar-refractivity contribution in [3.8, 4) is 5.75 Å². The summed E-state index contributed by atoms with van der Waals surface area (Å²) in [5.74, 6) is 0.686. The van der Waals surface area contributed by atoms with Crippen molar-refractivity contribution in [3.63, 3.8) is 0 Å². The van der Waals surface area contributed by atoms with Gasteiger partial charge in [0.25, 0.3) is 0 Å². The van der Waals surface area contributed by atoms with E-state index < -0.39 is 5.54 Å². The lowest BCUT2D eigenvalue weighted by atomic mass is 9.90. The van der Waals surface area contributed by atoms with E-state index in [0.29, 0.717) is 39.2 Å². The molecule has 3 N–H and O–H groups in total. The molecule has 0 radical (unpaired) electrons. The third kappa shape index (κ3) is 5.07. The van der Waals surface area contributed by atoms with Gasteiger partial charge in [-0.15, -0.1) is 12.4 Å². The second-order valence-electron chi connectivity index (χ2n) is 6.67. The van der Waals surface area contributed by atoms with E-state index in [1.165, 1.54) is 0 Å². The molecule has 2 fully saturated rings. The number of nitrogens with two attached hydrogens (primary N) is 1. The Kier molecular flexibility index (Phi) is 7.07. The first-order valence-electron chi connectivity index (χ1n) is 8.56. The van der Waals surface area contributed by atoms with Crippen LogP contribution in [-0.2, 0) is 20.8 Å².